The Morgan fingerprint density at radius 1 is 1.44 bits per heavy atom. The Balaban J connectivity index is 2.32. The molecule has 3 heteroatoms. The first-order chi connectivity index (χ1) is 7.77. The number of pyridine rings is 1. The predicted octanol–water partition coefficient (Wildman–Crippen LogP) is 3.45. The summed E-state index contributed by atoms with van der Waals surface area (Å²) in [4.78, 5) is 3.99. The third-order valence-corrected chi connectivity index (χ3v) is 3.18. The maximum Gasteiger partial charge on any atom is 0.0621 e. The molecule has 1 aromatic heterocycles. The molecule has 0 aliphatic heterocycles. The lowest BCUT2D eigenvalue weighted by molar-refractivity contribution is 0.467. The lowest BCUT2D eigenvalue weighted by atomic mass is 10.0. The van der Waals surface area contributed by atoms with Crippen molar-refractivity contribution in [1.82, 2.24) is 10.3 Å². The van der Waals surface area contributed by atoms with Gasteiger partial charge in [-0.2, -0.15) is 0 Å². The van der Waals surface area contributed by atoms with Crippen LogP contribution in [0.4, 0.5) is 0 Å². The molecule has 1 unspecified atom stereocenters. The van der Waals surface area contributed by atoms with Gasteiger partial charge in [-0.3, -0.25) is 4.98 Å². The van der Waals surface area contributed by atoms with E-state index in [4.69, 9.17) is 11.6 Å². The van der Waals surface area contributed by atoms with Crippen LogP contribution >= 0.6 is 11.6 Å². The summed E-state index contributed by atoms with van der Waals surface area (Å²) in [5.41, 5.74) is 1.21. The Hall–Kier alpha value is -0.600. The Kier molecular flexibility index (Phi) is 6.43. The Labute approximate surface area is 103 Å². The molecular formula is C13H21ClN2. The van der Waals surface area contributed by atoms with Crippen LogP contribution in [0, 0.1) is 0 Å². The number of nitrogens with one attached hydrogen (secondary N) is 1. The van der Waals surface area contributed by atoms with Gasteiger partial charge in [0.05, 0.1) is 5.02 Å². The van der Waals surface area contributed by atoms with Crippen molar-refractivity contribution >= 4 is 11.6 Å². The Bertz CT molecular complexity index is 302. The summed E-state index contributed by atoms with van der Waals surface area (Å²) in [5.74, 6) is 0. The van der Waals surface area contributed by atoms with E-state index in [0.29, 0.717) is 6.04 Å². The van der Waals surface area contributed by atoms with Gasteiger partial charge in [0, 0.05) is 18.4 Å². The lowest BCUT2D eigenvalue weighted by Gasteiger charge is -2.15. The van der Waals surface area contributed by atoms with Crippen molar-refractivity contribution in [2.45, 2.75) is 45.6 Å². The van der Waals surface area contributed by atoms with Gasteiger partial charge in [0.15, 0.2) is 0 Å². The summed E-state index contributed by atoms with van der Waals surface area (Å²) in [6.07, 6.45) is 8.15. The number of hydrogen-bond donors (Lipinski definition) is 1. The predicted molar refractivity (Wildman–Crippen MR) is 69.9 cm³/mol. The van der Waals surface area contributed by atoms with Crippen molar-refractivity contribution in [3.63, 3.8) is 0 Å². The zero-order valence-corrected chi connectivity index (χ0v) is 10.9. The van der Waals surface area contributed by atoms with Crippen molar-refractivity contribution in [1.29, 1.82) is 0 Å². The van der Waals surface area contributed by atoms with Gasteiger partial charge < -0.3 is 5.32 Å². The first-order valence-corrected chi connectivity index (χ1v) is 6.47. The summed E-state index contributed by atoms with van der Waals surface area (Å²) in [7, 11) is 0. The Morgan fingerprint density at radius 3 is 2.88 bits per heavy atom. The molecule has 16 heavy (non-hydrogen) atoms. The molecular weight excluding hydrogens is 220 g/mol. The first-order valence-electron chi connectivity index (χ1n) is 6.09. The van der Waals surface area contributed by atoms with Gasteiger partial charge in [-0.15, -0.1) is 0 Å². The second-order valence-corrected chi connectivity index (χ2v) is 4.43. The molecule has 0 amide bonds. The van der Waals surface area contributed by atoms with Crippen LogP contribution in [0.15, 0.2) is 18.5 Å². The first kappa shape index (κ1) is 13.5. The van der Waals surface area contributed by atoms with Crippen LogP contribution in [-0.2, 0) is 6.42 Å². The standard InChI is InChI=1S/C13H21ClN2/c1-3-12(16-4-2)7-5-6-11-8-9-15-10-13(11)14/h8-10,12,16H,3-7H2,1-2H3. The third kappa shape index (κ3) is 4.50. The molecule has 1 rings (SSSR count). The summed E-state index contributed by atoms with van der Waals surface area (Å²) in [6, 6.07) is 2.65. The van der Waals surface area contributed by atoms with Crippen molar-refractivity contribution < 1.29 is 0 Å². The van der Waals surface area contributed by atoms with E-state index in [0.717, 1.165) is 18.0 Å². The highest BCUT2D eigenvalue weighted by Crippen LogP contribution is 2.16. The highest BCUT2D eigenvalue weighted by Gasteiger charge is 2.05. The van der Waals surface area contributed by atoms with Crippen molar-refractivity contribution in [3.8, 4) is 0 Å². The highest BCUT2D eigenvalue weighted by molar-refractivity contribution is 6.31. The van der Waals surface area contributed by atoms with E-state index in [1.807, 2.05) is 12.3 Å². The summed E-state index contributed by atoms with van der Waals surface area (Å²) in [5, 5.41) is 4.28. The number of halogens is 1. The van der Waals surface area contributed by atoms with E-state index in [1.165, 1.54) is 24.8 Å². The maximum atomic E-state index is 6.06. The van der Waals surface area contributed by atoms with E-state index >= 15 is 0 Å². The molecule has 1 heterocycles. The molecule has 0 spiro atoms. The highest BCUT2D eigenvalue weighted by atomic mass is 35.5. The molecule has 0 saturated heterocycles. The average molecular weight is 241 g/mol. The van der Waals surface area contributed by atoms with Gasteiger partial charge >= 0.3 is 0 Å². The zero-order valence-electron chi connectivity index (χ0n) is 10.2. The van der Waals surface area contributed by atoms with E-state index in [1.54, 1.807) is 6.20 Å². The fourth-order valence-electron chi connectivity index (χ4n) is 1.88. The van der Waals surface area contributed by atoms with Crippen molar-refractivity contribution in [2.24, 2.45) is 0 Å². The quantitative estimate of drug-likeness (QED) is 0.790. The van der Waals surface area contributed by atoms with Gasteiger partial charge in [-0.1, -0.05) is 25.4 Å². The minimum absolute atomic E-state index is 0.644. The van der Waals surface area contributed by atoms with E-state index in [2.05, 4.69) is 24.1 Å². The van der Waals surface area contributed by atoms with Crippen LogP contribution in [0.3, 0.4) is 0 Å². The SMILES string of the molecule is CCNC(CC)CCCc1ccncc1Cl. The molecule has 1 atom stereocenters. The number of aromatic nitrogens is 1. The van der Waals surface area contributed by atoms with E-state index in [-0.39, 0.29) is 0 Å². The van der Waals surface area contributed by atoms with Crippen LogP contribution in [0.1, 0.15) is 38.7 Å². The van der Waals surface area contributed by atoms with Gasteiger partial charge in [0.2, 0.25) is 0 Å². The van der Waals surface area contributed by atoms with Crippen LogP contribution in [0.25, 0.3) is 0 Å². The van der Waals surface area contributed by atoms with Crippen molar-refractivity contribution in [2.75, 3.05) is 6.54 Å². The fourth-order valence-corrected chi connectivity index (χ4v) is 2.10. The van der Waals surface area contributed by atoms with Gasteiger partial charge in [-0.05, 0) is 43.9 Å². The zero-order chi connectivity index (χ0) is 11.8. The molecule has 0 fully saturated rings. The van der Waals surface area contributed by atoms with Crippen LogP contribution in [0.2, 0.25) is 5.02 Å². The molecule has 0 saturated carbocycles. The van der Waals surface area contributed by atoms with Gasteiger partial charge in [0.25, 0.3) is 0 Å². The monoisotopic (exact) mass is 240 g/mol. The molecule has 0 bridgehead atoms. The molecule has 0 radical (unpaired) electrons. The molecule has 0 aromatic carbocycles. The second-order valence-electron chi connectivity index (χ2n) is 4.02. The summed E-state index contributed by atoms with van der Waals surface area (Å²) < 4.78 is 0. The lowest BCUT2D eigenvalue weighted by Crippen LogP contribution is -2.28. The molecule has 0 aliphatic rings. The van der Waals surface area contributed by atoms with Gasteiger partial charge in [-0.25, -0.2) is 0 Å². The average Bonchev–Trinajstić information content (AvgIpc) is 2.30. The van der Waals surface area contributed by atoms with Gasteiger partial charge in [0.1, 0.15) is 0 Å². The number of rotatable bonds is 7. The van der Waals surface area contributed by atoms with Crippen LogP contribution in [0.5, 0.6) is 0 Å². The second kappa shape index (κ2) is 7.64. The van der Waals surface area contributed by atoms with Crippen molar-refractivity contribution in [3.05, 3.63) is 29.0 Å². The maximum absolute atomic E-state index is 6.06. The van der Waals surface area contributed by atoms with E-state index < -0.39 is 0 Å². The summed E-state index contributed by atoms with van der Waals surface area (Å²) >= 11 is 6.06. The fraction of sp³-hybridized carbons (Fsp3) is 0.615. The Morgan fingerprint density at radius 2 is 2.25 bits per heavy atom. The topological polar surface area (TPSA) is 24.9 Å². The molecule has 90 valence electrons. The molecule has 1 N–H and O–H groups in total. The number of hydrogen-bond acceptors (Lipinski definition) is 2. The number of nitrogens with zero attached hydrogens (tertiary/aromatic N) is 1. The third-order valence-electron chi connectivity index (χ3n) is 2.84. The molecule has 2 nitrogen and oxygen atoms in total. The minimum Gasteiger partial charge on any atom is -0.314 e. The van der Waals surface area contributed by atoms with Crippen LogP contribution in [-0.4, -0.2) is 17.6 Å². The number of aryl methyl sites for hydroxylation is 1. The van der Waals surface area contributed by atoms with E-state index in [9.17, 15) is 0 Å². The van der Waals surface area contributed by atoms with Crippen LogP contribution < -0.4 is 5.32 Å². The smallest absolute Gasteiger partial charge is 0.0621 e. The minimum atomic E-state index is 0.644. The normalized spacial score (nSPS) is 12.7. The largest absolute Gasteiger partial charge is 0.314 e. The molecule has 0 aliphatic carbocycles. The summed E-state index contributed by atoms with van der Waals surface area (Å²) in [6.45, 7) is 5.43. The molecule has 1 aromatic rings.